The van der Waals surface area contributed by atoms with Crippen molar-refractivity contribution in [2.75, 3.05) is 52.4 Å². The summed E-state index contributed by atoms with van der Waals surface area (Å²) in [6.07, 6.45) is 4.01. The number of rotatable bonds is 15. The molecule has 2 atom stereocenters. The van der Waals surface area contributed by atoms with E-state index in [2.05, 4.69) is 16.7 Å². The van der Waals surface area contributed by atoms with Gasteiger partial charge in [0, 0.05) is 58.4 Å². The van der Waals surface area contributed by atoms with E-state index in [1.54, 1.807) is 0 Å². The van der Waals surface area contributed by atoms with Gasteiger partial charge in [-0.3, -0.25) is 9.80 Å². The van der Waals surface area contributed by atoms with Gasteiger partial charge in [-0.05, 0) is 12.8 Å². The zero-order valence-electron chi connectivity index (χ0n) is 14.7. The van der Waals surface area contributed by atoms with E-state index < -0.39 is 0 Å². The van der Waals surface area contributed by atoms with Gasteiger partial charge in [0.15, 0.2) is 0 Å². The Morgan fingerprint density at radius 3 is 1.95 bits per heavy atom. The van der Waals surface area contributed by atoms with Crippen LogP contribution in [0.15, 0.2) is 0 Å². The Morgan fingerprint density at radius 1 is 0.909 bits per heavy atom. The van der Waals surface area contributed by atoms with Gasteiger partial charge in [-0.1, -0.05) is 26.7 Å². The van der Waals surface area contributed by atoms with Crippen LogP contribution >= 0.6 is 0 Å². The highest BCUT2D eigenvalue weighted by atomic mass is 16.3. The van der Waals surface area contributed by atoms with Crippen LogP contribution < -0.4 is 17.2 Å². The average Bonchev–Trinajstić information content (AvgIpc) is 2.51. The molecule has 0 spiro atoms. The van der Waals surface area contributed by atoms with Gasteiger partial charge in [0.1, 0.15) is 0 Å². The van der Waals surface area contributed by atoms with Crippen molar-refractivity contribution in [1.82, 2.24) is 9.80 Å². The highest BCUT2D eigenvalue weighted by Gasteiger charge is 2.21. The molecule has 0 aromatic carbocycles. The molecule has 0 amide bonds. The Bertz CT molecular complexity index is 237. The summed E-state index contributed by atoms with van der Waals surface area (Å²) in [4.78, 5) is 4.69. The van der Waals surface area contributed by atoms with E-state index in [-0.39, 0.29) is 6.10 Å². The molecule has 0 aliphatic carbocycles. The maximum absolute atomic E-state index is 9.95. The molecule has 0 bridgehead atoms. The lowest BCUT2D eigenvalue weighted by molar-refractivity contribution is 0.0812. The van der Waals surface area contributed by atoms with E-state index in [0.29, 0.717) is 32.2 Å². The fraction of sp³-hybridized carbons (Fsp3) is 1.00. The van der Waals surface area contributed by atoms with Crippen LogP contribution in [0.25, 0.3) is 0 Å². The zero-order chi connectivity index (χ0) is 16.8. The first-order valence-electron chi connectivity index (χ1n) is 8.87. The number of nitrogens with zero attached hydrogens (tertiary/aromatic N) is 2. The topological polar surface area (TPSA) is 105 Å². The molecular formula is C16H39N5O. The molecule has 134 valence electrons. The van der Waals surface area contributed by atoms with Crippen molar-refractivity contribution in [3.8, 4) is 0 Å². The molecule has 0 saturated carbocycles. The predicted octanol–water partition coefficient (Wildman–Crippen LogP) is -0.204. The van der Waals surface area contributed by atoms with Crippen LogP contribution in [0.4, 0.5) is 0 Å². The van der Waals surface area contributed by atoms with Crippen LogP contribution in [0.2, 0.25) is 0 Å². The molecule has 0 heterocycles. The largest absolute Gasteiger partial charge is 0.392 e. The molecular weight excluding hydrogens is 278 g/mol. The smallest absolute Gasteiger partial charge is 0.0664 e. The fourth-order valence-electron chi connectivity index (χ4n) is 2.80. The van der Waals surface area contributed by atoms with Crippen molar-refractivity contribution in [3.63, 3.8) is 0 Å². The van der Waals surface area contributed by atoms with E-state index in [4.69, 9.17) is 17.2 Å². The number of aliphatic hydroxyl groups excluding tert-OH is 1. The van der Waals surface area contributed by atoms with Gasteiger partial charge in [0.25, 0.3) is 0 Å². The van der Waals surface area contributed by atoms with Crippen molar-refractivity contribution in [2.45, 2.75) is 51.7 Å². The van der Waals surface area contributed by atoms with Crippen LogP contribution in [0, 0.1) is 0 Å². The third-order valence-electron chi connectivity index (χ3n) is 4.09. The number of unbranched alkanes of at least 4 members (excludes halogenated alkanes) is 1. The quantitative estimate of drug-likeness (QED) is 0.333. The lowest BCUT2D eigenvalue weighted by atomic mass is 10.1. The molecule has 7 N–H and O–H groups in total. The fourth-order valence-corrected chi connectivity index (χ4v) is 2.80. The van der Waals surface area contributed by atoms with Gasteiger partial charge in [-0.15, -0.1) is 0 Å². The second-order valence-electron chi connectivity index (χ2n) is 6.02. The summed E-state index contributed by atoms with van der Waals surface area (Å²) in [7, 11) is 0. The van der Waals surface area contributed by atoms with Crippen LogP contribution in [0.1, 0.15) is 39.5 Å². The predicted molar refractivity (Wildman–Crippen MR) is 94.8 cm³/mol. The van der Waals surface area contributed by atoms with E-state index >= 15 is 0 Å². The van der Waals surface area contributed by atoms with Crippen LogP contribution in [0.5, 0.6) is 0 Å². The summed E-state index contributed by atoms with van der Waals surface area (Å²) in [5.41, 5.74) is 17.3. The van der Waals surface area contributed by atoms with Crippen molar-refractivity contribution in [2.24, 2.45) is 17.2 Å². The van der Waals surface area contributed by atoms with Gasteiger partial charge in [-0.25, -0.2) is 0 Å². The molecule has 0 aliphatic rings. The molecule has 6 heteroatoms. The number of aliphatic hydroxyl groups is 1. The minimum absolute atomic E-state index is 0.282. The molecule has 0 rings (SSSR count). The third-order valence-corrected chi connectivity index (χ3v) is 4.09. The minimum Gasteiger partial charge on any atom is -0.392 e. The van der Waals surface area contributed by atoms with Gasteiger partial charge in [-0.2, -0.15) is 0 Å². The average molecular weight is 318 g/mol. The molecule has 0 aliphatic heterocycles. The first-order valence-corrected chi connectivity index (χ1v) is 8.87. The summed E-state index contributed by atoms with van der Waals surface area (Å²) in [6.45, 7) is 10.3. The lowest BCUT2D eigenvalue weighted by Gasteiger charge is -2.36. The molecule has 0 aromatic rings. The van der Waals surface area contributed by atoms with Crippen molar-refractivity contribution in [3.05, 3.63) is 0 Å². The summed E-state index contributed by atoms with van der Waals surface area (Å²) in [6, 6.07) is 0.433. The van der Waals surface area contributed by atoms with Gasteiger partial charge >= 0.3 is 0 Å². The van der Waals surface area contributed by atoms with E-state index in [0.717, 1.165) is 39.0 Å². The first kappa shape index (κ1) is 21.8. The molecule has 0 saturated heterocycles. The maximum Gasteiger partial charge on any atom is 0.0664 e. The normalized spacial score (nSPS) is 14.7. The Hall–Kier alpha value is -0.240. The maximum atomic E-state index is 9.95. The van der Waals surface area contributed by atoms with Crippen molar-refractivity contribution in [1.29, 1.82) is 0 Å². The Kier molecular flexibility index (Phi) is 14.2. The lowest BCUT2D eigenvalue weighted by Crippen LogP contribution is -2.49. The summed E-state index contributed by atoms with van der Waals surface area (Å²) in [5, 5.41) is 9.95. The monoisotopic (exact) mass is 317 g/mol. The van der Waals surface area contributed by atoms with Gasteiger partial charge < -0.3 is 22.3 Å². The molecule has 0 aromatic heterocycles. The third kappa shape index (κ3) is 9.71. The van der Waals surface area contributed by atoms with Crippen LogP contribution in [0.3, 0.4) is 0 Å². The van der Waals surface area contributed by atoms with E-state index in [9.17, 15) is 5.11 Å². The standard InChI is InChI=1S/C16H39N5O/c1-3-5-6-15(21(11-8-18)12-9-19)13-20(10-7-17)14-16(22)4-2/h15-16,22H,3-14,17-19H2,1-2H3. The SMILES string of the molecule is CCCCC(CN(CCN)CC(O)CC)N(CCN)CCN. The molecule has 2 unspecified atom stereocenters. The highest BCUT2D eigenvalue weighted by Crippen LogP contribution is 2.11. The minimum atomic E-state index is -0.282. The van der Waals surface area contributed by atoms with Crippen LogP contribution in [-0.4, -0.2) is 79.4 Å². The highest BCUT2D eigenvalue weighted by molar-refractivity contribution is 4.78. The van der Waals surface area contributed by atoms with E-state index in [1.165, 1.54) is 12.8 Å². The van der Waals surface area contributed by atoms with Crippen molar-refractivity contribution >= 4 is 0 Å². The number of nitrogens with two attached hydrogens (primary N) is 3. The summed E-state index contributed by atoms with van der Waals surface area (Å²) < 4.78 is 0. The Balaban J connectivity index is 4.78. The van der Waals surface area contributed by atoms with Crippen LogP contribution in [-0.2, 0) is 0 Å². The van der Waals surface area contributed by atoms with Gasteiger partial charge in [0.2, 0.25) is 0 Å². The number of hydrogen-bond acceptors (Lipinski definition) is 6. The molecule has 0 radical (unpaired) electrons. The summed E-state index contributed by atoms with van der Waals surface area (Å²) >= 11 is 0. The first-order chi connectivity index (χ1) is 10.6. The Labute approximate surface area is 137 Å². The van der Waals surface area contributed by atoms with E-state index in [1.807, 2.05) is 6.92 Å². The number of hydrogen-bond donors (Lipinski definition) is 4. The second kappa shape index (κ2) is 14.4. The van der Waals surface area contributed by atoms with Gasteiger partial charge in [0.05, 0.1) is 6.10 Å². The second-order valence-corrected chi connectivity index (χ2v) is 6.02. The molecule has 6 nitrogen and oxygen atoms in total. The Morgan fingerprint density at radius 2 is 1.50 bits per heavy atom. The molecule has 0 fully saturated rings. The zero-order valence-corrected chi connectivity index (χ0v) is 14.7. The van der Waals surface area contributed by atoms with Crippen molar-refractivity contribution < 1.29 is 5.11 Å². The molecule has 22 heavy (non-hydrogen) atoms. The summed E-state index contributed by atoms with van der Waals surface area (Å²) in [5.74, 6) is 0.